The summed E-state index contributed by atoms with van der Waals surface area (Å²) in [4.78, 5) is 9.50. The molecule has 0 amide bonds. The summed E-state index contributed by atoms with van der Waals surface area (Å²) >= 11 is 1.86. The van der Waals surface area contributed by atoms with E-state index in [0.29, 0.717) is 11.7 Å². The molecule has 2 aromatic rings. The fraction of sp³-hybridized carbons (Fsp3) is 0.333. The van der Waals surface area contributed by atoms with Crippen LogP contribution in [-0.4, -0.2) is 11.5 Å². The minimum absolute atomic E-state index is 0.417. The highest BCUT2D eigenvalue weighted by atomic mass is 32.1. The Labute approximate surface area is 117 Å². The fourth-order valence-corrected chi connectivity index (χ4v) is 3.64. The monoisotopic (exact) mass is 269 g/mol. The quantitative estimate of drug-likeness (QED) is 0.835. The van der Waals surface area contributed by atoms with Gasteiger partial charge in [-0.15, -0.1) is 11.3 Å². The molecule has 1 atom stereocenters. The molecule has 3 nitrogen and oxygen atoms in total. The molecule has 3 heterocycles. The molecule has 19 heavy (non-hydrogen) atoms. The summed E-state index contributed by atoms with van der Waals surface area (Å²) in [6.45, 7) is 3.16. The Morgan fingerprint density at radius 2 is 2.26 bits per heavy atom. The average molecular weight is 269 g/mol. The maximum Gasteiger partial charge on any atom is 0.142 e. The van der Waals surface area contributed by atoms with Crippen LogP contribution in [0.15, 0.2) is 30.3 Å². The molecule has 0 spiro atoms. The van der Waals surface area contributed by atoms with Crippen LogP contribution in [0.1, 0.15) is 34.3 Å². The van der Waals surface area contributed by atoms with Crippen molar-refractivity contribution >= 4 is 17.2 Å². The van der Waals surface area contributed by atoms with Gasteiger partial charge in [-0.1, -0.05) is 6.07 Å². The van der Waals surface area contributed by atoms with Crippen LogP contribution in [0.3, 0.4) is 0 Å². The second-order valence-electron chi connectivity index (χ2n) is 4.79. The van der Waals surface area contributed by atoms with E-state index in [4.69, 9.17) is 5.26 Å². The van der Waals surface area contributed by atoms with Crippen LogP contribution in [0.4, 0.5) is 5.82 Å². The largest absolute Gasteiger partial charge is 0.349 e. The molecule has 0 aromatic carbocycles. The molecular formula is C15H15N3S. The number of nitrogens with zero attached hydrogens (tertiary/aromatic N) is 3. The average Bonchev–Trinajstić information content (AvgIpc) is 3.07. The van der Waals surface area contributed by atoms with Gasteiger partial charge in [0, 0.05) is 16.3 Å². The zero-order valence-corrected chi connectivity index (χ0v) is 11.7. The molecule has 96 valence electrons. The number of rotatable bonds is 2. The normalized spacial score (nSPS) is 18.5. The highest BCUT2D eigenvalue weighted by Crippen LogP contribution is 2.38. The van der Waals surface area contributed by atoms with Gasteiger partial charge in [-0.2, -0.15) is 5.26 Å². The van der Waals surface area contributed by atoms with Gasteiger partial charge < -0.3 is 4.90 Å². The minimum atomic E-state index is 0.417. The first-order valence-corrected chi connectivity index (χ1v) is 7.30. The molecule has 1 saturated heterocycles. The maximum atomic E-state index is 8.96. The molecule has 4 heteroatoms. The number of thiophene rings is 1. The van der Waals surface area contributed by atoms with Gasteiger partial charge in [0.1, 0.15) is 17.6 Å². The van der Waals surface area contributed by atoms with Crippen molar-refractivity contribution < 1.29 is 0 Å². The van der Waals surface area contributed by atoms with Crippen LogP contribution in [0.2, 0.25) is 0 Å². The van der Waals surface area contributed by atoms with E-state index in [1.807, 2.05) is 23.5 Å². The van der Waals surface area contributed by atoms with Crippen molar-refractivity contribution in [3.8, 4) is 6.07 Å². The van der Waals surface area contributed by atoms with Crippen molar-refractivity contribution in [2.75, 3.05) is 11.4 Å². The van der Waals surface area contributed by atoms with Crippen LogP contribution >= 0.6 is 11.3 Å². The molecule has 0 saturated carbocycles. The van der Waals surface area contributed by atoms with E-state index in [2.05, 4.69) is 35.0 Å². The summed E-state index contributed by atoms with van der Waals surface area (Å²) in [5.74, 6) is 0.924. The first-order chi connectivity index (χ1) is 9.28. The summed E-state index contributed by atoms with van der Waals surface area (Å²) in [7, 11) is 0. The number of nitriles is 1. The standard InChI is InChI=1S/C15H15N3S/c1-11-7-8-14(19-11)13-5-3-9-18(13)15-6-2-4-12(10-16)17-15/h2,4,6-8,13H,3,5,9H2,1H3. The summed E-state index contributed by atoms with van der Waals surface area (Å²) < 4.78 is 0. The first-order valence-electron chi connectivity index (χ1n) is 6.48. The third kappa shape index (κ3) is 2.34. The number of aromatic nitrogens is 1. The molecule has 3 rings (SSSR count). The van der Waals surface area contributed by atoms with E-state index < -0.39 is 0 Å². The lowest BCUT2D eigenvalue weighted by Crippen LogP contribution is -2.23. The molecule has 1 fully saturated rings. The van der Waals surface area contributed by atoms with Crippen LogP contribution in [0.25, 0.3) is 0 Å². The smallest absolute Gasteiger partial charge is 0.142 e. The van der Waals surface area contributed by atoms with Gasteiger partial charge in [0.05, 0.1) is 6.04 Å². The summed E-state index contributed by atoms with van der Waals surface area (Å²) in [6.07, 6.45) is 2.35. The number of pyridine rings is 1. The van der Waals surface area contributed by atoms with Crippen LogP contribution in [-0.2, 0) is 0 Å². The molecule has 0 aliphatic carbocycles. The Morgan fingerprint density at radius 3 is 3.00 bits per heavy atom. The Balaban J connectivity index is 1.93. The number of anilines is 1. The summed E-state index contributed by atoms with van der Waals surface area (Å²) in [6, 6.07) is 12.6. The lowest BCUT2D eigenvalue weighted by Gasteiger charge is -2.25. The van der Waals surface area contributed by atoms with Gasteiger partial charge in [-0.05, 0) is 44.0 Å². The van der Waals surface area contributed by atoms with Crippen molar-refractivity contribution in [2.45, 2.75) is 25.8 Å². The van der Waals surface area contributed by atoms with Gasteiger partial charge in [-0.3, -0.25) is 0 Å². The molecule has 1 aliphatic rings. The third-order valence-electron chi connectivity index (χ3n) is 3.49. The molecule has 0 radical (unpaired) electrons. The van der Waals surface area contributed by atoms with Crippen LogP contribution in [0, 0.1) is 18.3 Å². The SMILES string of the molecule is Cc1ccc(C2CCCN2c2cccc(C#N)n2)s1. The predicted molar refractivity (Wildman–Crippen MR) is 77.3 cm³/mol. The highest BCUT2D eigenvalue weighted by Gasteiger charge is 2.28. The van der Waals surface area contributed by atoms with E-state index in [0.717, 1.165) is 12.4 Å². The molecule has 2 aromatic heterocycles. The van der Waals surface area contributed by atoms with E-state index >= 15 is 0 Å². The van der Waals surface area contributed by atoms with Crippen molar-refractivity contribution in [3.63, 3.8) is 0 Å². The zero-order valence-electron chi connectivity index (χ0n) is 10.8. The van der Waals surface area contributed by atoms with E-state index in [9.17, 15) is 0 Å². The van der Waals surface area contributed by atoms with Crippen molar-refractivity contribution in [2.24, 2.45) is 0 Å². The lowest BCUT2D eigenvalue weighted by atomic mass is 10.2. The molecule has 0 N–H and O–H groups in total. The van der Waals surface area contributed by atoms with E-state index in [1.54, 1.807) is 6.07 Å². The van der Waals surface area contributed by atoms with Gasteiger partial charge in [0.15, 0.2) is 0 Å². The van der Waals surface area contributed by atoms with Gasteiger partial charge in [0.25, 0.3) is 0 Å². The molecule has 1 aliphatic heterocycles. The topological polar surface area (TPSA) is 39.9 Å². The Morgan fingerprint density at radius 1 is 1.37 bits per heavy atom. The maximum absolute atomic E-state index is 8.96. The van der Waals surface area contributed by atoms with Crippen LogP contribution in [0.5, 0.6) is 0 Å². The zero-order chi connectivity index (χ0) is 13.2. The van der Waals surface area contributed by atoms with Gasteiger partial charge >= 0.3 is 0 Å². The second-order valence-corrected chi connectivity index (χ2v) is 6.11. The lowest BCUT2D eigenvalue weighted by molar-refractivity contribution is 0.725. The molecule has 1 unspecified atom stereocenters. The van der Waals surface area contributed by atoms with Gasteiger partial charge in [-0.25, -0.2) is 4.98 Å². The number of hydrogen-bond donors (Lipinski definition) is 0. The predicted octanol–water partition coefficient (Wildman–Crippen LogP) is 3.66. The number of aryl methyl sites for hydroxylation is 1. The summed E-state index contributed by atoms with van der Waals surface area (Å²) in [5, 5.41) is 8.96. The Hall–Kier alpha value is -1.86. The van der Waals surface area contributed by atoms with Crippen molar-refractivity contribution in [1.82, 2.24) is 4.98 Å². The first kappa shape index (κ1) is 12.2. The van der Waals surface area contributed by atoms with Crippen molar-refractivity contribution in [3.05, 3.63) is 45.8 Å². The van der Waals surface area contributed by atoms with Gasteiger partial charge in [0.2, 0.25) is 0 Å². The van der Waals surface area contributed by atoms with E-state index in [-0.39, 0.29) is 0 Å². The van der Waals surface area contributed by atoms with Crippen LogP contribution < -0.4 is 4.90 Å². The molecule has 0 bridgehead atoms. The van der Waals surface area contributed by atoms with Crippen molar-refractivity contribution in [1.29, 1.82) is 5.26 Å². The fourth-order valence-electron chi connectivity index (χ4n) is 2.61. The minimum Gasteiger partial charge on any atom is -0.349 e. The highest BCUT2D eigenvalue weighted by molar-refractivity contribution is 7.12. The summed E-state index contributed by atoms with van der Waals surface area (Å²) in [5.41, 5.74) is 0.491. The van der Waals surface area contributed by atoms with E-state index in [1.165, 1.54) is 22.6 Å². The Kier molecular flexibility index (Phi) is 3.22. The molecular weight excluding hydrogens is 254 g/mol. The second kappa shape index (κ2) is 5.02. The third-order valence-corrected chi connectivity index (χ3v) is 4.59. The number of hydrogen-bond acceptors (Lipinski definition) is 4. The Bertz CT molecular complexity index is 626.